The van der Waals surface area contributed by atoms with Crippen molar-refractivity contribution in [1.29, 1.82) is 0 Å². The molecule has 0 radical (unpaired) electrons. The Labute approximate surface area is 120 Å². The zero-order valence-corrected chi connectivity index (χ0v) is 12.9. The van der Waals surface area contributed by atoms with E-state index in [4.69, 9.17) is 10.5 Å². The van der Waals surface area contributed by atoms with Gasteiger partial charge in [-0.1, -0.05) is 12.1 Å². The van der Waals surface area contributed by atoms with Gasteiger partial charge in [0.05, 0.1) is 7.11 Å². The first kappa shape index (κ1) is 14.7. The first-order valence-corrected chi connectivity index (χ1v) is 7.76. The molecule has 2 rings (SSSR count). The maximum atomic E-state index is 6.02. The Bertz CT molecular complexity index is 405. The Hall–Kier alpha value is -0.710. The Morgan fingerprint density at radius 1 is 1.37 bits per heavy atom. The number of hydrogen-bond donors (Lipinski definition) is 1. The lowest BCUT2D eigenvalue weighted by molar-refractivity contribution is 0.192. The summed E-state index contributed by atoms with van der Waals surface area (Å²) in [5, 5.41) is 0. The number of thioether (sulfide) groups is 1. The topological polar surface area (TPSA) is 38.5 Å². The van der Waals surface area contributed by atoms with E-state index in [1.807, 2.05) is 12.1 Å². The highest BCUT2D eigenvalue weighted by molar-refractivity contribution is 8.00. The van der Waals surface area contributed by atoms with Crippen molar-refractivity contribution in [3.8, 4) is 5.75 Å². The van der Waals surface area contributed by atoms with Gasteiger partial charge in [-0.05, 0) is 31.5 Å². The minimum atomic E-state index is 0.311. The van der Waals surface area contributed by atoms with Crippen molar-refractivity contribution in [2.75, 3.05) is 32.5 Å². The monoisotopic (exact) mass is 280 g/mol. The fourth-order valence-corrected chi connectivity index (χ4v) is 3.78. The number of nitrogens with two attached hydrogens (primary N) is 1. The van der Waals surface area contributed by atoms with Gasteiger partial charge in [-0.15, -0.1) is 0 Å². The van der Waals surface area contributed by atoms with Crippen LogP contribution >= 0.6 is 11.8 Å². The fourth-order valence-electron chi connectivity index (χ4n) is 2.64. The molecule has 1 aromatic carbocycles. The van der Waals surface area contributed by atoms with Crippen LogP contribution in [-0.4, -0.2) is 42.1 Å². The zero-order valence-electron chi connectivity index (χ0n) is 12.1. The number of nitrogens with zero attached hydrogens (tertiary/aromatic N) is 1. The molecule has 0 amide bonds. The van der Waals surface area contributed by atoms with Crippen molar-refractivity contribution in [2.45, 2.75) is 24.6 Å². The van der Waals surface area contributed by atoms with E-state index in [-0.39, 0.29) is 0 Å². The van der Waals surface area contributed by atoms with Crippen LogP contribution < -0.4 is 10.5 Å². The quantitative estimate of drug-likeness (QED) is 0.920. The van der Waals surface area contributed by atoms with Crippen molar-refractivity contribution in [3.05, 3.63) is 29.8 Å². The molecule has 1 aliphatic heterocycles. The van der Waals surface area contributed by atoms with E-state index in [1.54, 1.807) is 7.11 Å². The molecule has 3 nitrogen and oxygen atoms in total. The predicted molar refractivity (Wildman–Crippen MR) is 82.9 cm³/mol. The Morgan fingerprint density at radius 2 is 2.05 bits per heavy atom. The van der Waals surface area contributed by atoms with Crippen molar-refractivity contribution >= 4 is 11.8 Å². The molecule has 4 heteroatoms. The molecule has 0 aromatic heterocycles. The van der Waals surface area contributed by atoms with Gasteiger partial charge in [0.15, 0.2) is 0 Å². The smallest absolute Gasteiger partial charge is 0.118 e. The minimum absolute atomic E-state index is 0.311. The molecule has 0 aliphatic carbocycles. The van der Waals surface area contributed by atoms with Crippen LogP contribution in [0.25, 0.3) is 0 Å². The summed E-state index contributed by atoms with van der Waals surface area (Å²) in [6, 6.07) is 8.60. The fraction of sp³-hybridized carbons (Fsp3) is 0.600. The van der Waals surface area contributed by atoms with Crippen LogP contribution in [0, 0.1) is 0 Å². The number of hydrogen-bond acceptors (Lipinski definition) is 4. The standard InChI is InChI=1S/C15H24N2OS/c1-15(2)11-17(8-9-19-15)14(10-16)12-4-6-13(18-3)7-5-12/h4-7,14H,8-11,16H2,1-3H3. The van der Waals surface area contributed by atoms with Gasteiger partial charge in [0, 0.05) is 36.2 Å². The first-order chi connectivity index (χ1) is 9.05. The molecular weight excluding hydrogens is 256 g/mol. The van der Waals surface area contributed by atoms with Crippen molar-refractivity contribution in [2.24, 2.45) is 5.73 Å². The van der Waals surface area contributed by atoms with Crippen LogP contribution in [0.15, 0.2) is 24.3 Å². The number of rotatable bonds is 4. The minimum Gasteiger partial charge on any atom is -0.497 e. The second-order valence-corrected chi connectivity index (χ2v) is 7.41. The molecule has 1 fully saturated rings. The van der Waals surface area contributed by atoms with Crippen LogP contribution in [0.1, 0.15) is 25.5 Å². The van der Waals surface area contributed by atoms with Gasteiger partial charge in [0.1, 0.15) is 5.75 Å². The van der Waals surface area contributed by atoms with Crippen molar-refractivity contribution in [1.82, 2.24) is 4.90 Å². The Kier molecular flexibility index (Phi) is 4.76. The molecule has 0 spiro atoms. The van der Waals surface area contributed by atoms with Crippen LogP contribution in [0.3, 0.4) is 0 Å². The number of benzene rings is 1. The summed E-state index contributed by atoms with van der Waals surface area (Å²) in [4.78, 5) is 2.51. The Balaban J connectivity index is 2.14. The van der Waals surface area contributed by atoms with E-state index in [9.17, 15) is 0 Å². The van der Waals surface area contributed by atoms with Gasteiger partial charge in [-0.3, -0.25) is 4.90 Å². The molecule has 2 N–H and O–H groups in total. The van der Waals surface area contributed by atoms with Gasteiger partial charge in [0.2, 0.25) is 0 Å². The van der Waals surface area contributed by atoms with Crippen molar-refractivity contribution < 1.29 is 4.74 Å². The molecule has 1 unspecified atom stereocenters. The zero-order chi connectivity index (χ0) is 13.9. The van der Waals surface area contributed by atoms with Gasteiger partial charge >= 0.3 is 0 Å². The SMILES string of the molecule is COc1ccc(C(CN)N2CCSC(C)(C)C2)cc1. The Morgan fingerprint density at radius 3 is 2.58 bits per heavy atom. The number of methoxy groups -OCH3 is 1. The lowest BCUT2D eigenvalue weighted by Gasteiger charge is -2.41. The van der Waals surface area contributed by atoms with Crippen LogP contribution in [-0.2, 0) is 0 Å². The van der Waals surface area contributed by atoms with Crippen LogP contribution in [0.5, 0.6) is 5.75 Å². The summed E-state index contributed by atoms with van der Waals surface area (Å²) in [6.45, 7) is 7.48. The summed E-state index contributed by atoms with van der Waals surface area (Å²) in [7, 11) is 1.69. The summed E-state index contributed by atoms with van der Waals surface area (Å²) >= 11 is 2.05. The molecule has 1 aromatic rings. The molecule has 1 aliphatic rings. The molecule has 1 atom stereocenters. The van der Waals surface area contributed by atoms with Gasteiger partial charge in [-0.2, -0.15) is 11.8 Å². The highest BCUT2D eigenvalue weighted by Crippen LogP contribution is 2.34. The molecule has 0 bridgehead atoms. The van der Waals surface area contributed by atoms with E-state index < -0.39 is 0 Å². The largest absolute Gasteiger partial charge is 0.497 e. The maximum Gasteiger partial charge on any atom is 0.118 e. The van der Waals surface area contributed by atoms with E-state index in [0.29, 0.717) is 17.3 Å². The van der Waals surface area contributed by atoms with E-state index in [0.717, 1.165) is 18.8 Å². The van der Waals surface area contributed by atoms with Gasteiger partial charge in [0.25, 0.3) is 0 Å². The molecule has 1 heterocycles. The molecule has 19 heavy (non-hydrogen) atoms. The third-order valence-corrected chi connectivity index (χ3v) is 4.92. The number of ether oxygens (including phenoxy) is 1. The van der Waals surface area contributed by atoms with Crippen LogP contribution in [0.4, 0.5) is 0 Å². The average Bonchev–Trinajstić information content (AvgIpc) is 2.39. The summed E-state index contributed by atoms with van der Waals surface area (Å²) in [6.07, 6.45) is 0. The van der Waals surface area contributed by atoms with E-state index in [1.165, 1.54) is 11.3 Å². The second-order valence-electron chi connectivity index (χ2n) is 5.60. The normalized spacial score (nSPS) is 21.1. The van der Waals surface area contributed by atoms with Gasteiger partial charge < -0.3 is 10.5 Å². The lowest BCUT2D eigenvalue weighted by Crippen LogP contribution is -2.46. The first-order valence-electron chi connectivity index (χ1n) is 6.78. The highest BCUT2D eigenvalue weighted by Gasteiger charge is 2.31. The molecule has 1 saturated heterocycles. The summed E-state index contributed by atoms with van der Waals surface area (Å²) < 4.78 is 5.53. The van der Waals surface area contributed by atoms with Gasteiger partial charge in [-0.25, -0.2) is 0 Å². The predicted octanol–water partition coefficient (Wildman–Crippen LogP) is 2.52. The maximum absolute atomic E-state index is 6.02. The highest BCUT2D eigenvalue weighted by atomic mass is 32.2. The third kappa shape index (κ3) is 3.65. The molecular formula is C15H24N2OS. The van der Waals surface area contributed by atoms with Crippen LogP contribution in [0.2, 0.25) is 0 Å². The summed E-state index contributed by atoms with van der Waals surface area (Å²) in [5.41, 5.74) is 7.30. The van der Waals surface area contributed by atoms with E-state index in [2.05, 4.69) is 42.6 Å². The van der Waals surface area contributed by atoms with Crippen molar-refractivity contribution in [3.63, 3.8) is 0 Å². The second kappa shape index (κ2) is 6.16. The summed E-state index contributed by atoms with van der Waals surface area (Å²) in [5.74, 6) is 2.08. The average molecular weight is 280 g/mol. The molecule has 106 valence electrons. The molecule has 0 saturated carbocycles. The third-order valence-electron chi connectivity index (χ3n) is 3.62. The van der Waals surface area contributed by atoms with E-state index >= 15 is 0 Å². The lowest BCUT2D eigenvalue weighted by atomic mass is 10.0.